The van der Waals surface area contributed by atoms with Crippen LogP contribution < -0.4 is 10.6 Å². The number of aliphatic imine (C=N–C) groups is 1. The zero-order chi connectivity index (χ0) is 18.2. The van der Waals surface area contributed by atoms with Crippen LogP contribution in [0.5, 0.6) is 0 Å². The van der Waals surface area contributed by atoms with Crippen molar-refractivity contribution < 1.29 is 9.53 Å². The van der Waals surface area contributed by atoms with Crippen molar-refractivity contribution in [2.75, 3.05) is 46.8 Å². The third-order valence-corrected chi connectivity index (χ3v) is 4.08. The van der Waals surface area contributed by atoms with E-state index >= 15 is 0 Å². The summed E-state index contributed by atoms with van der Waals surface area (Å²) in [4.78, 5) is 20.2. The fraction of sp³-hybridized carbons (Fsp3) is 0.882. The van der Waals surface area contributed by atoms with E-state index in [1.54, 1.807) is 19.0 Å². The van der Waals surface area contributed by atoms with E-state index in [0.717, 1.165) is 19.0 Å². The standard InChI is InChI=1S/C17H35N5O2.HI/c1-7-22-11-8-9-14(22)13-20-15(18-5)19-10-12-21(6)16(23)24-17(2,3)4;/h14H,7-13H2,1-6H3,(H2,18,19,20);1H. The molecule has 8 heteroatoms. The SMILES string of the molecule is CCN1CCCC1CNC(=NC)NCCN(C)C(=O)OC(C)(C)C.I. The number of carbonyl (C=O) groups excluding carboxylic acids is 1. The van der Waals surface area contributed by atoms with Crippen molar-refractivity contribution in [2.45, 2.75) is 52.2 Å². The Kier molecular flexibility index (Phi) is 11.4. The lowest BCUT2D eigenvalue weighted by Gasteiger charge is -2.25. The van der Waals surface area contributed by atoms with Crippen LogP contribution in [0.25, 0.3) is 0 Å². The average Bonchev–Trinajstić information content (AvgIpc) is 2.96. The molecule has 0 aromatic carbocycles. The van der Waals surface area contributed by atoms with E-state index < -0.39 is 5.60 Å². The summed E-state index contributed by atoms with van der Waals surface area (Å²) < 4.78 is 5.33. The van der Waals surface area contributed by atoms with E-state index in [2.05, 4.69) is 27.4 Å². The maximum Gasteiger partial charge on any atom is 0.410 e. The summed E-state index contributed by atoms with van der Waals surface area (Å²) in [6, 6.07) is 0.581. The van der Waals surface area contributed by atoms with Gasteiger partial charge in [-0.15, -0.1) is 24.0 Å². The van der Waals surface area contributed by atoms with Gasteiger partial charge in [-0.3, -0.25) is 9.89 Å². The Morgan fingerprint density at radius 2 is 2.04 bits per heavy atom. The summed E-state index contributed by atoms with van der Waals surface area (Å²) in [7, 11) is 3.50. The summed E-state index contributed by atoms with van der Waals surface area (Å²) in [6.45, 7) is 12.2. The number of carbonyl (C=O) groups is 1. The highest BCUT2D eigenvalue weighted by Crippen LogP contribution is 2.15. The molecule has 0 radical (unpaired) electrons. The summed E-state index contributed by atoms with van der Waals surface area (Å²) in [5.74, 6) is 0.774. The van der Waals surface area contributed by atoms with Gasteiger partial charge >= 0.3 is 6.09 Å². The number of hydrogen-bond acceptors (Lipinski definition) is 4. The zero-order valence-corrected chi connectivity index (χ0v) is 18.9. The third-order valence-electron chi connectivity index (χ3n) is 4.08. The van der Waals surface area contributed by atoms with Crippen molar-refractivity contribution in [1.29, 1.82) is 0 Å². The van der Waals surface area contributed by atoms with Gasteiger partial charge in [-0.2, -0.15) is 0 Å². The topological polar surface area (TPSA) is 69.2 Å². The van der Waals surface area contributed by atoms with E-state index in [9.17, 15) is 4.79 Å². The lowest BCUT2D eigenvalue weighted by atomic mass is 10.2. The van der Waals surface area contributed by atoms with Crippen LogP contribution >= 0.6 is 24.0 Å². The molecular formula is C17H36IN5O2. The molecule has 148 valence electrons. The molecule has 0 aromatic heterocycles. The number of guanidine groups is 1. The third kappa shape index (κ3) is 9.48. The second-order valence-electron chi connectivity index (χ2n) is 7.21. The van der Waals surface area contributed by atoms with Crippen molar-refractivity contribution in [2.24, 2.45) is 4.99 Å². The van der Waals surface area contributed by atoms with Crippen LogP contribution in [-0.4, -0.2) is 80.3 Å². The Bertz CT molecular complexity index is 426. The molecule has 0 aromatic rings. The number of nitrogens with one attached hydrogen (secondary N) is 2. The molecule has 25 heavy (non-hydrogen) atoms. The number of rotatable bonds is 6. The lowest BCUT2D eigenvalue weighted by molar-refractivity contribution is 0.0302. The van der Waals surface area contributed by atoms with E-state index in [-0.39, 0.29) is 30.1 Å². The Hall–Kier alpha value is -0.770. The largest absolute Gasteiger partial charge is 0.444 e. The average molecular weight is 469 g/mol. The first-order chi connectivity index (χ1) is 11.3. The molecule has 1 fully saturated rings. The van der Waals surface area contributed by atoms with Gasteiger partial charge in [-0.25, -0.2) is 4.79 Å². The number of halogens is 1. The smallest absolute Gasteiger partial charge is 0.410 e. The van der Waals surface area contributed by atoms with Gasteiger partial charge in [0.25, 0.3) is 0 Å². The summed E-state index contributed by atoms with van der Waals surface area (Å²) in [5, 5.41) is 6.63. The van der Waals surface area contributed by atoms with Crippen molar-refractivity contribution in [3.8, 4) is 0 Å². The highest BCUT2D eigenvalue weighted by atomic mass is 127. The zero-order valence-electron chi connectivity index (χ0n) is 16.6. The summed E-state index contributed by atoms with van der Waals surface area (Å²) in [5.41, 5.74) is -0.469. The molecule has 1 saturated heterocycles. The van der Waals surface area contributed by atoms with Crippen LogP contribution in [0, 0.1) is 0 Å². The van der Waals surface area contributed by atoms with E-state index in [4.69, 9.17) is 4.74 Å². The Morgan fingerprint density at radius 1 is 1.36 bits per heavy atom. The maximum absolute atomic E-state index is 11.9. The first kappa shape index (κ1) is 24.2. The minimum absolute atomic E-state index is 0. The molecule has 0 saturated carbocycles. The molecule has 1 heterocycles. The number of ether oxygens (including phenoxy) is 1. The first-order valence-electron chi connectivity index (χ1n) is 8.89. The minimum Gasteiger partial charge on any atom is -0.444 e. The number of hydrogen-bond donors (Lipinski definition) is 2. The summed E-state index contributed by atoms with van der Waals surface area (Å²) >= 11 is 0. The van der Waals surface area contributed by atoms with Crippen LogP contribution in [0.1, 0.15) is 40.5 Å². The van der Waals surface area contributed by atoms with Crippen LogP contribution in [0.4, 0.5) is 4.79 Å². The van der Waals surface area contributed by atoms with Crippen LogP contribution in [0.3, 0.4) is 0 Å². The molecule has 1 aliphatic rings. The van der Waals surface area contributed by atoms with Crippen molar-refractivity contribution >= 4 is 36.0 Å². The van der Waals surface area contributed by atoms with E-state index in [1.165, 1.54) is 19.4 Å². The van der Waals surface area contributed by atoms with Gasteiger partial charge in [0, 0.05) is 39.8 Å². The monoisotopic (exact) mass is 469 g/mol. The first-order valence-corrected chi connectivity index (χ1v) is 8.89. The molecule has 0 aliphatic carbocycles. The second kappa shape index (κ2) is 11.8. The van der Waals surface area contributed by atoms with Crippen molar-refractivity contribution in [3.63, 3.8) is 0 Å². The lowest BCUT2D eigenvalue weighted by Crippen LogP contribution is -2.46. The highest BCUT2D eigenvalue weighted by Gasteiger charge is 2.23. The van der Waals surface area contributed by atoms with Gasteiger partial charge in [0.1, 0.15) is 5.60 Å². The Labute approximate surface area is 170 Å². The molecule has 2 N–H and O–H groups in total. The van der Waals surface area contributed by atoms with Crippen LogP contribution in [0.2, 0.25) is 0 Å². The highest BCUT2D eigenvalue weighted by molar-refractivity contribution is 14.0. The van der Waals surface area contributed by atoms with Gasteiger partial charge in [-0.1, -0.05) is 6.92 Å². The number of likely N-dealkylation sites (N-methyl/N-ethyl adjacent to an activating group) is 2. The van der Waals surface area contributed by atoms with Gasteiger partial charge in [-0.05, 0) is 46.7 Å². The maximum atomic E-state index is 11.9. The van der Waals surface area contributed by atoms with Gasteiger partial charge < -0.3 is 20.3 Å². The molecule has 1 aliphatic heterocycles. The normalized spacial score (nSPS) is 18.5. The number of amides is 1. The van der Waals surface area contributed by atoms with Crippen LogP contribution in [-0.2, 0) is 4.74 Å². The van der Waals surface area contributed by atoms with Gasteiger partial charge in [0.15, 0.2) is 5.96 Å². The fourth-order valence-corrected chi connectivity index (χ4v) is 2.75. The van der Waals surface area contributed by atoms with Gasteiger partial charge in [0.2, 0.25) is 0 Å². The Balaban J connectivity index is 0.00000576. The van der Waals surface area contributed by atoms with Gasteiger partial charge in [0.05, 0.1) is 0 Å². The predicted molar refractivity (Wildman–Crippen MR) is 114 cm³/mol. The summed E-state index contributed by atoms with van der Waals surface area (Å²) in [6.07, 6.45) is 2.20. The van der Waals surface area contributed by atoms with E-state index in [0.29, 0.717) is 19.1 Å². The number of likely N-dealkylation sites (tertiary alicyclic amines) is 1. The van der Waals surface area contributed by atoms with Crippen molar-refractivity contribution in [1.82, 2.24) is 20.4 Å². The molecule has 7 nitrogen and oxygen atoms in total. The molecule has 0 spiro atoms. The molecule has 1 rings (SSSR count). The van der Waals surface area contributed by atoms with E-state index in [1.807, 2.05) is 20.8 Å². The Morgan fingerprint density at radius 3 is 2.60 bits per heavy atom. The molecule has 0 bridgehead atoms. The number of nitrogens with zero attached hydrogens (tertiary/aromatic N) is 3. The quantitative estimate of drug-likeness (QED) is 0.355. The van der Waals surface area contributed by atoms with Crippen molar-refractivity contribution in [3.05, 3.63) is 0 Å². The molecule has 1 unspecified atom stereocenters. The molecule has 1 amide bonds. The molecule has 1 atom stereocenters. The molecular weight excluding hydrogens is 433 g/mol. The fourth-order valence-electron chi connectivity index (χ4n) is 2.75. The predicted octanol–water partition coefficient (Wildman–Crippen LogP) is 2.12. The van der Waals surface area contributed by atoms with Crippen LogP contribution in [0.15, 0.2) is 4.99 Å². The minimum atomic E-state index is -0.469. The second-order valence-corrected chi connectivity index (χ2v) is 7.21.